The highest BCUT2D eigenvalue weighted by molar-refractivity contribution is 6.45. The first-order valence-corrected chi connectivity index (χ1v) is 6.81. The minimum Gasteiger partial charge on any atom is -0.462 e. The van der Waals surface area contributed by atoms with E-state index in [1.165, 1.54) is 18.2 Å². The average molecular weight is 347 g/mol. The Balaban J connectivity index is 2.43. The number of ether oxygens (including phenoxy) is 2. The SMILES string of the molecule is O=[N+]([O-])c1ccc2c(c1)C(C(Cl)Cl)OC(C(Cl)Cl)O2. The van der Waals surface area contributed by atoms with Gasteiger partial charge in [0, 0.05) is 17.7 Å². The fourth-order valence-electron chi connectivity index (χ4n) is 1.66. The first kappa shape index (κ1) is 14.9. The number of alkyl halides is 4. The molecule has 0 aliphatic carbocycles. The van der Waals surface area contributed by atoms with Crippen molar-refractivity contribution >= 4 is 52.1 Å². The summed E-state index contributed by atoms with van der Waals surface area (Å²) in [7, 11) is 0. The smallest absolute Gasteiger partial charge is 0.270 e. The third-order valence-electron chi connectivity index (χ3n) is 2.47. The van der Waals surface area contributed by atoms with Crippen molar-refractivity contribution in [3.05, 3.63) is 33.9 Å². The van der Waals surface area contributed by atoms with E-state index in [0.29, 0.717) is 11.3 Å². The number of nitro groups is 1. The molecule has 2 rings (SSSR count). The molecule has 0 N–H and O–H groups in total. The van der Waals surface area contributed by atoms with Gasteiger partial charge in [0.15, 0.2) is 4.84 Å². The van der Waals surface area contributed by atoms with Crippen LogP contribution in [0.1, 0.15) is 11.7 Å². The minimum absolute atomic E-state index is 0.114. The lowest BCUT2D eigenvalue weighted by Gasteiger charge is -2.33. The Kier molecular flexibility index (Phi) is 4.63. The van der Waals surface area contributed by atoms with Crippen LogP contribution in [0.5, 0.6) is 5.75 Å². The number of nitro benzene ring substituents is 1. The van der Waals surface area contributed by atoms with Gasteiger partial charge in [0.25, 0.3) is 5.69 Å². The van der Waals surface area contributed by atoms with Crippen LogP contribution in [0, 0.1) is 10.1 Å². The molecule has 2 unspecified atom stereocenters. The molecule has 5 nitrogen and oxygen atoms in total. The van der Waals surface area contributed by atoms with Crippen molar-refractivity contribution in [2.75, 3.05) is 0 Å². The average Bonchev–Trinajstić information content (AvgIpc) is 2.36. The van der Waals surface area contributed by atoms with Crippen LogP contribution in [-0.2, 0) is 4.74 Å². The van der Waals surface area contributed by atoms with Crippen molar-refractivity contribution < 1.29 is 14.4 Å². The summed E-state index contributed by atoms with van der Waals surface area (Å²) >= 11 is 23.0. The van der Waals surface area contributed by atoms with Crippen LogP contribution in [0.25, 0.3) is 0 Å². The number of fused-ring (bicyclic) bond motifs is 1. The molecule has 0 amide bonds. The van der Waals surface area contributed by atoms with E-state index < -0.39 is 27.0 Å². The molecule has 104 valence electrons. The summed E-state index contributed by atoms with van der Waals surface area (Å²) in [4.78, 5) is 8.33. The molecule has 0 saturated heterocycles. The Hall–Kier alpha value is -0.460. The summed E-state index contributed by atoms with van der Waals surface area (Å²) in [5, 5.41) is 10.8. The third kappa shape index (κ3) is 3.17. The zero-order valence-corrected chi connectivity index (χ0v) is 12.2. The lowest BCUT2D eigenvalue weighted by atomic mass is 10.1. The van der Waals surface area contributed by atoms with E-state index in [2.05, 4.69) is 0 Å². The Morgan fingerprint density at radius 2 is 1.89 bits per heavy atom. The Labute approximate surface area is 128 Å². The van der Waals surface area contributed by atoms with Crippen molar-refractivity contribution in [1.82, 2.24) is 0 Å². The summed E-state index contributed by atoms with van der Waals surface area (Å²) < 4.78 is 10.8. The maximum atomic E-state index is 10.8. The molecule has 1 heterocycles. The molecule has 0 radical (unpaired) electrons. The van der Waals surface area contributed by atoms with E-state index in [0.717, 1.165) is 0 Å². The van der Waals surface area contributed by atoms with Crippen LogP contribution >= 0.6 is 46.4 Å². The Morgan fingerprint density at radius 1 is 1.21 bits per heavy atom. The topological polar surface area (TPSA) is 61.6 Å². The molecule has 1 aromatic carbocycles. The molecular formula is C10H7Cl4NO4. The summed E-state index contributed by atoms with van der Waals surface area (Å²) in [5.41, 5.74) is 0.270. The van der Waals surface area contributed by atoms with Crippen molar-refractivity contribution in [2.24, 2.45) is 0 Å². The quantitative estimate of drug-likeness (QED) is 0.472. The van der Waals surface area contributed by atoms with Gasteiger partial charge in [-0.05, 0) is 6.07 Å². The van der Waals surface area contributed by atoms with Gasteiger partial charge in [-0.2, -0.15) is 0 Å². The minimum atomic E-state index is -0.946. The fourth-order valence-corrected chi connectivity index (χ4v) is 2.27. The normalized spacial score (nSPS) is 22.2. The van der Waals surface area contributed by atoms with Gasteiger partial charge in [-0.25, -0.2) is 0 Å². The molecule has 1 aliphatic heterocycles. The van der Waals surface area contributed by atoms with Gasteiger partial charge >= 0.3 is 0 Å². The molecule has 0 saturated carbocycles. The maximum absolute atomic E-state index is 10.8. The van der Waals surface area contributed by atoms with E-state index in [9.17, 15) is 10.1 Å². The first-order chi connectivity index (χ1) is 8.90. The highest BCUT2D eigenvalue weighted by Gasteiger charge is 2.36. The van der Waals surface area contributed by atoms with Gasteiger partial charge in [-0.1, -0.05) is 23.2 Å². The predicted molar refractivity (Wildman–Crippen MR) is 72.3 cm³/mol. The zero-order valence-electron chi connectivity index (χ0n) is 9.13. The highest BCUT2D eigenvalue weighted by atomic mass is 35.5. The number of halogens is 4. The van der Waals surface area contributed by atoms with Gasteiger partial charge in [0.2, 0.25) is 6.29 Å². The number of hydrogen-bond donors (Lipinski definition) is 0. The second-order valence-corrected chi connectivity index (χ2v) is 6.02. The van der Waals surface area contributed by atoms with Crippen molar-refractivity contribution in [3.63, 3.8) is 0 Å². The van der Waals surface area contributed by atoms with Gasteiger partial charge in [-0.3, -0.25) is 10.1 Å². The largest absolute Gasteiger partial charge is 0.462 e. The zero-order chi connectivity index (χ0) is 14.2. The Bertz CT molecular complexity index is 496. The number of benzene rings is 1. The van der Waals surface area contributed by atoms with Crippen LogP contribution in [0.2, 0.25) is 0 Å². The molecule has 0 aromatic heterocycles. The number of nitrogens with zero attached hydrogens (tertiary/aromatic N) is 1. The molecule has 0 spiro atoms. The van der Waals surface area contributed by atoms with E-state index in [4.69, 9.17) is 55.9 Å². The van der Waals surface area contributed by atoms with E-state index >= 15 is 0 Å². The lowest BCUT2D eigenvalue weighted by molar-refractivity contribution is -0.385. The standard InChI is InChI=1S/C10H7Cl4NO4/c11-8(12)7-5-3-4(15(16)17)1-2-6(5)18-10(19-7)9(13)14/h1-3,7-10H. The van der Waals surface area contributed by atoms with Crippen molar-refractivity contribution in [1.29, 1.82) is 0 Å². The second-order valence-electron chi connectivity index (χ2n) is 3.69. The lowest BCUT2D eigenvalue weighted by Crippen LogP contribution is -2.35. The fraction of sp³-hybridized carbons (Fsp3) is 0.400. The van der Waals surface area contributed by atoms with E-state index in [1.807, 2.05) is 0 Å². The van der Waals surface area contributed by atoms with E-state index in [-0.39, 0.29) is 5.69 Å². The van der Waals surface area contributed by atoms with Gasteiger partial charge in [-0.15, -0.1) is 23.2 Å². The first-order valence-electron chi connectivity index (χ1n) is 5.07. The van der Waals surface area contributed by atoms with Crippen molar-refractivity contribution in [3.8, 4) is 5.75 Å². The molecule has 19 heavy (non-hydrogen) atoms. The number of hydrogen-bond acceptors (Lipinski definition) is 4. The van der Waals surface area contributed by atoms with E-state index in [1.54, 1.807) is 0 Å². The maximum Gasteiger partial charge on any atom is 0.270 e. The molecule has 0 fully saturated rings. The van der Waals surface area contributed by atoms with Gasteiger partial charge < -0.3 is 9.47 Å². The number of non-ortho nitro benzene ring substituents is 1. The van der Waals surface area contributed by atoms with Crippen LogP contribution in [0.15, 0.2) is 18.2 Å². The molecule has 1 aliphatic rings. The van der Waals surface area contributed by atoms with Crippen LogP contribution < -0.4 is 4.74 Å². The highest BCUT2D eigenvalue weighted by Crippen LogP contribution is 2.42. The Morgan fingerprint density at radius 3 is 2.42 bits per heavy atom. The van der Waals surface area contributed by atoms with Crippen LogP contribution in [-0.4, -0.2) is 20.9 Å². The molecule has 9 heteroatoms. The molecule has 0 bridgehead atoms. The van der Waals surface area contributed by atoms with Crippen LogP contribution in [0.3, 0.4) is 0 Å². The summed E-state index contributed by atoms with van der Waals surface area (Å²) in [5.74, 6) is 0.351. The summed E-state index contributed by atoms with van der Waals surface area (Å²) in [6.07, 6.45) is -1.75. The third-order valence-corrected chi connectivity index (χ3v) is 3.34. The van der Waals surface area contributed by atoms with Gasteiger partial charge in [0.05, 0.1) is 4.92 Å². The van der Waals surface area contributed by atoms with Crippen molar-refractivity contribution in [2.45, 2.75) is 22.1 Å². The second kappa shape index (κ2) is 5.89. The summed E-state index contributed by atoms with van der Waals surface area (Å²) in [6.45, 7) is 0. The monoisotopic (exact) mass is 345 g/mol. The molecule has 1 aromatic rings. The predicted octanol–water partition coefficient (Wildman–Crippen LogP) is 3.98. The van der Waals surface area contributed by atoms with Crippen LogP contribution in [0.4, 0.5) is 5.69 Å². The molecule has 2 atom stereocenters. The number of rotatable bonds is 3. The van der Waals surface area contributed by atoms with Gasteiger partial charge in [0.1, 0.15) is 16.7 Å². The molecular weight excluding hydrogens is 340 g/mol. The summed E-state index contributed by atoms with van der Waals surface area (Å²) in [6, 6.07) is 4.03.